The van der Waals surface area contributed by atoms with Gasteiger partial charge in [-0.25, -0.2) is 9.13 Å². The molecule has 0 aliphatic heterocycles. The van der Waals surface area contributed by atoms with Crippen molar-refractivity contribution in [3.63, 3.8) is 0 Å². The van der Waals surface area contributed by atoms with Crippen LogP contribution in [0.15, 0.2) is 0 Å². The third-order valence-corrected chi connectivity index (χ3v) is 20.3. The maximum Gasteiger partial charge on any atom is 0.472 e. The van der Waals surface area contributed by atoms with Gasteiger partial charge in [-0.3, -0.25) is 37.3 Å². The summed E-state index contributed by atoms with van der Waals surface area (Å²) in [4.78, 5) is 72.7. The van der Waals surface area contributed by atoms with E-state index in [2.05, 4.69) is 34.6 Å². The molecule has 96 heavy (non-hydrogen) atoms. The zero-order chi connectivity index (χ0) is 70.5. The fourth-order valence-electron chi connectivity index (χ4n) is 11.8. The van der Waals surface area contributed by atoms with Gasteiger partial charge in [-0.15, -0.1) is 0 Å². The van der Waals surface area contributed by atoms with Gasteiger partial charge in [0.15, 0.2) is 12.2 Å². The second-order valence-electron chi connectivity index (χ2n) is 28.0. The van der Waals surface area contributed by atoms with E-state index in [1.807, 2.05) is 0 Å². The van der Waals surface area contributed by atoms with Crippen molar-refractivity contribution in [2.45, 2.75) is 425 Å². The SMILES string of the molecule is CCCCCCCCCCCCCCCCCCCCCCCCC(=O)O[C@H](COC(=O)CCCCCCCCCCCCCCCCC)COP(=O)(O)OC[C@@H](O)COP(=O)(O)OC[C@@H](COC(=O)CCCCCCCCCCC)OC(=O)CCCCCCCCC(C)CC. The molecule has 0 radical (unpaired) electrons. The lowest BCUT2D eigenvalue weighted by Gasteiger charge is -2.21. The Balaban J connectivity index is 5.17. The Hall–Kier alpha value is -1.94. The van der Waals surface area contributed by atoms with E-state index in [-0.39, 0.29) is 25.7 Å². The fourth-order valence-corrected chi connectivity index (χ4v) is 13.4. The first-order chi connectivity index (χ1) is 46.6. The van der Waals surface area contributed by atoms with Crippen LogP contribution in [-0.2, 0) is 65.4 Å². The summed E-state index contributed by atoms with van der Waals surface area (Å²) in [6.45, 7) is 7.23. The van der Waals surface area contributed by atoms with Crippen LogP contribution in [0.5, 0.6) is 0 Å². The summed E-state index contributed by atoms with van der Waals surface area (Å²) >= 11 is 0. The van der Waals surface area contributed by atoms with E-state index in [1.54, 1.807) is 0 Å². The quantitative estimate of drug-likeness (QED) is 0.0222. The van der Waals surface area contributed by atoms with Gasteiger partial charge in [0, 0.05) is 25.7 Å². The van der Waals surface area contributed by atoms with Crippen molar-refractivity contribution in [2.75, 3.05) is 39.6 Å². The minimum atomic E-state index is -4.96. The fraction of sp³-hybridized carbons (Fsp3) is 0.948. The Bertz CT molecular complexity index is 1840. The molecule has 0 aromatic heterocycles. The molecule has 6 atom stereocenters. The lowest BCUT2D eigenvalue weighted by Crippen LogP contribution is -2.30. The van der Waals surface area contributed by atoms with E-state index < -0.39 is 97.5 Å². The molecule has 19 heteroatoms. The van der Waals surface area contributed by atoms with Crippen molar-refractivity contribution in [1.82, 2.24) is 0 Å². The van der Waals surface area contributed by atoms with Crippen molar-refractivity contribution in [1.29, 1.82) is 0 Å². The number of ether oxygens (including phenoxy) is 4. The summed E-state index contributed by atoms with van der Waals surface area (Å²) in [6, 6.07) is 0. The first kappa shape index (κ1) is 94.1. The van der Waals surface area contributed by atoms with Crippen LogP contribution in [0.2, 0.25) is 0 Å². The maximum absolute atomic E-state index is 13.1. The van der Waals surface area contributed by atoms with Crippen molar-refractivity contribution in [3.8, 4) is 0 Å². The number of phosphoric acid groups is 2. The van der Waals surface area contributed by atoms with Crippen LogP contribution in [0.1, 0.15) is 407 Å². The standard InChI is InChI=1S/C77H150O17P2/c1-6-10-13-16-19-22-24-26-28-29-30-31-32-33-34-36-38-40-43-46-52-57-62-76(81)93-72(66-88-75(80)61-56-51-45-42-39-37-35-27-25-23-20-17-14-11-7-2)68-91-95(83,84)89-64-71(78)65-90-96(85,86)92-69-73(67-87-74(79)60-55-50-44-41-21-18-15-12-8-3)94-77(82)63-58-53-48-47-49-54-59-70(5)9-4/h70-73,78H,6-69H2,1-5H3,(H,83,84)(H,85,86)/t70?,71-,72-,73-/m1/s1. The molecule has 0 bridgehead atoms. The van der Waals surface area contributed by atoms with Crippen molar-refractivity contribution in [3.05, 3.63) is 0 Å². The zero-order valence-electron chi connectivity index (χ0n) is 62.5. The maximum atomic E-state index is 13.1. The monoisotopic (exact) mass is 1410 g/mol. The van der Waals surface area contributed by atoms with Crippen LogP contribution in [0.3, 0.4) is 0 Å². The predicted octanol–water partition coefficient (Wildman–Crippen LogP) is 22.9. The Kier molecular flexibility index (Phi) is 68.7. The van der Waals surface area contributed by atoms with E-state index in [0.717, 1.165) is 95.8 Å². The Morgan fingerprint density at radius 2 is 0.500 bits per heavy atom. The summed E-state index contributed by atoms with van der Waals surface area (Å²) < 4.78 is 68.5. The van der Waals surface area contributed by atoms with E-state index in [0.29, 0.717) is 25.7 Å². The molecular weight excluding hydrogens is 1260 g/mol. The number of rotatable bonds is 77. The number of hydrogen-bond donors (Lipinski definition) is 3. The zero-order valence-corrected chi connectivity index (χ0v) is 64.3. The van der Waals surface area contributed by atoms with Crippen LogP contribution < -0.4 is 0 Å². The Morgan fingerprint density at radius 1 is 0.292 bits per heavy atom. The molecule has 0 aromatic carbocycles. The molecule has 0 spiro atoms. The average molecular weight is 1410 g/mol. The summed E-state index contributed by atoms with van der Waals surface area (Å²) in [5, 5.41) is 10.6. The van der Waals surface area contributed by atoms with E-state index in [4.69, 9.17) is 37.0 Å². The predicted molar refractivity (Wildman–Crippen MR) is 391 cm³/mol. The van der Waals surface area contributed by atoms with Crippen molar-refractivity contribution < 1.29 is 80.2 Å². The Morgan fingerprint density at radius 3 is 0.740 bits per heavy atom. The smallest absolute Gasteiger partial charge is 0.462 e. The first-order valence-corrected chi connectivity index (χ1v) is 43.2. The van der Waals surface area contributed by atoms with Gasteiger partial charge in [-0.1, -0.05) is 356 Å². The summed E-state index contributed by atoms with van der Waals surface area (Å²) in [5.74, 6) is -1.40. The average Bonchev–Trinajstić information content (AvgIpc) is 2.13. The van der Waals surface area contributed by atoms with Gasteiger partial charge in [0.2, 0.25) is 0 Å². The Labute approximate surface area is 588 Å². The third kappa shape index (κ3) is 69.2. The minimum Gasteiger partial charge on any atom is -0.462 e. The highest BCUT2D eigenvalue weighted by molar-refractivity contribution is 7.47. The molecule has 0 aliphatic rings. The number of phosphoric ester groups is 2. The van der Waals surface area contributed by atoms with Crippen LogP contribution >= 0.6 is 15.6 Å². The number of aliphatic hydroxyl groups is 1. The second-order valence-corrected chi connectivity index (χ2v) is 30.9. The highest BCUT2D eigenvalue weighted by Gasteiger charge is 2.30. The third-order valence-electron chi connectivity index (χ3n) is 18.4. The molecule has 0 aliphatic carbocycles. The molecule has 0 aromatic rings. The highest BCUT2D eigenvalue weighted by atomic mass is 31.2. The molecule has 0 amide bonds. The number of esters is 4. The minimum absolute atomic E-state index is 0.103. The number of aliphatic hydroxyl groups excluding tert-OH is 1. The summed E-state index contributed by atoms with van der Waals surface area (Å²) in [6.07, 6.45) is 59.9. The lowest BCUT2D eigenvalue weighted by atomic mass is 10.00. The number of carbonyl (C=O) groups is 4. The second kappa shape index (κ2) is 70.1. The van der Waals surface area contributed by atoms with E-state index in [1.165, 1.54) is 231 Å². The number of unbranched alkanes of at least 4 members (excludes halogenated alkanes) is 48. The molecular formula is C77H150O17P2. The topological polar surface area (TPSA) is 237 Å². The van der Waals surface area contributed by atoms with Crippen molar-refractivity contribution >= 4 is 39.5 Å². The van der Waals surface area contributed by atoms with E-state index in [9.17, 15) is 43.2 Å². The normalized spacial score (nSPS) is 14.2. The molecule has 0 heterocycles. The van der Waals surface area contributed by atoms with E-state index >= 15 is 0 Å². The van der Waals surface area contributed by atoms with Crippen LogP contribution in [0.4, 0.5) is 0 Å². The van der Waals surface area contributed by atoms with Gasteiger partial charge < -0.3 is 33.8 Å². The molecule has 3 N–H and O–H groups in total. The summed E-state index contributed by atoms with van der Waals surface area (Å²) in [5.41, 5.74) is 0. The van der Waals surface area contributed by atoms with Gasteiger partial charge in [0.05, 0.1) is 26.4 Å². The van der Waals surface area contributed by atoms with Gasteiger partial charge in [-0.2, -0.15) is 0 Å². The van der Waals surface area contributed by atoms with Gasteiger partial charge in [0.25, 0.3) is 0 Å². The molecule has 0 fully saturated rings. The van der Waals surface area contributed by atoms with Gasteiger partial charge in [-0.05, 0) is 31.6 Å². The van der Waals surface area contributed by atoms with Gasteiger partial charge in [0.1, 0.15) is 19.3 Å². The number of carbonyl (C=O) groups excluding carboxylic acids is 4. The lowest BCUT2D eigenvalue weighted by molar-refractivity contribution is -0.161. The molecule has 0 saturated carbocycles. The molecule has 0 rings (SSSR count). The largest absolute Gasteiger partial charge is 0.472 e. The first-order valence-electron chi connectivity index (χ1n) is 40.2. The molecule has 570 valence electrons. The van der Waals surface area contributed by atoms with Gasteiger partial charge >= 0.3 is 39.5 Å². The highest BCUT2D eigenvalue weighted by Crippen LogP contribution is 2.45. The number of hydrogen-bond acceptors (Lipinski definition) is 15. The van der Waals surface area contributed by atoms with Crippen LogP contribution in [-0.4, -0.2) is 96.7 Å². The van der Waals surface area contributed by atoms with Crippen LogP contribution in [0, 0.1) is 5.92 Å². The molecule has 3 unspecified atom stereocenters. The summed E-state index contributed by atoms with van der Waals surface area (Å²) in [7, 11) is -9.91. The van der Waals surface area contributed by atoms with Crippen LogP contribution in [0.25, 0.3) is 0 Å². The van der Waals surface area contributed by atoms with Crippen molar-refractivity contribution in [2.24, 2.45) is 5.92 Å². The molecule has 0 saturated heterocycles. The molecule has 17 nitrogen and oxygen atoms in total.